The molecule has 1 aliphatic rings. The Morgan fingerprint density at radius 1 is 1.38 bits per heavy atom. The monoisotopic (exact) mass is 302 g/mol. The van der Waals surface area contributed by atoms with E-state index in [1.807, 2.05) is 24.3 Å². The first kappa shape index (κ1) is 14.1. The van der Waals surface area contributed by atoms with Gasteiger partial charge in [-0.1, -0.05) is 30.8 Å². The van der Waals surface area contributed by atoms with E-state index in [9.17, 15) is 4.79 Å². The molecule has 1 fully saturated rings. The Labute approximate surface area is 128 Å². The van der Waals surface area contributed by atoms with E-state index < -0.39 is 0 Å². The van der Waals surface area contributed by atoms with Crippen molar-refractivity contribution in [3.05, 3.63) is 36.2 Å². The number of anilines is 1. The topological polar surface area (TPSA) is 59.8 Å². The van der Waals surface area contributed by atoms with Crippen LogP contribution >= 0.6 is 11.8 Å². The van der Waals surface area contributed by atoms with Gasteiger partial charge >= 0.3 is 0 Å². The van der Waals surface area contributed by atoms with Gasteiger partial charge < -0.3 is 9.88 Å². The first-order valence-corrected chi connectivity index (χ1v) is 8.16. The van der Waals surface area contributed by atoms with Gasteiger partial charge in [-0.2, -0.15) is 0 Å². The molecule has 1 heterocycles. The number of nitrogens with zero attached hydrogens (tertiary/aromatic N) is 3. The van der Waals surface area contributed by atoms with Crippen LogP contribution in [0.4, 0.5) is 5.69 Å². The number of aryl methyl sites for hydroxylation is 1. The number of benzene rings is 1. The van der Waals surface area contributed by atoms with E-state index in [0.717, 1.165) is 17.3 Å². The summed E-state index contributed by atoms with van der Waals surface area (Å²) >= 11 is 1.43. The van der Waals surface area contributed by atoms with Crippen molar-refractivity contribution < 1.29 is 4.79 Å². The van der Waals surface area contributed by atoms with Gasteiger partial charge in [-0.25, -0.2) is 0 Å². The molecular weight excluding hydrogens is 284 g/mol. The molecule has 5 nitrogen and oxygen atoms in total. The number of carbonyl (C=O) groups excluding carboxylic acids is 1. The highest BCUT2D eigenvalue weighted by Gasteiger charge is 2.26. The molecule has 0 radical (unpaired) electrons. The molecule has 1 aromatic carbocycles. The van der Waals surface area contributed by atoms with Crippen LogP contribution in [-0.4, -0.2) is 26.4 Å². The molecule has 1 N–H and O–H groups in total. The summed E-state index contributed by atoms with van der Waals surface area (Å²) in [5, 5.41) is 11.7. The molecule has 110 valence electrons. The van der Waals surface area contributed by atoms with Crippen molar-refractivity contribution in [2.75, 3.05) is 11.1 Å². The van der Waals surface area contributed by atoms with E-state index in [2.05, 4.69) is 27.0 Å². The van der Waals surface area contributed by atoms with Crippen LogP contribution in [-0.2, 0) is 11.2 Å². The molecule has 2 aromatic rings. The Hall–Kier alpha value is -1.82. The zero-order valence-corrected chi connectivity index (χ0v) is 12.8. The Bertz CT molecular complexity index is 619. The molecule has 1 aromatic heterocycles. The molecule has 0 spiro atoms. The van der Waals surface area contributed by atoms with Gasteiger partial charge in [-0.3, -0.25) is 4.79 Å². The summed E-state index contributed by atoms with van der Waals surface area (Å²) in [7, 11) is 0. The van der Waals surface area contributed by atoms with Crippen molar-refractivity contribution in [2.45, 2.75) is 37.4 Å². The molecule has 3 rings (SSSR count). The van der Waals surface area contributed by atoms with Crippen molar-refractivity contribution in [3.63, 3.8) is 0 Å². The van der Waals surface area contributed by atoms with Crippen molar-refractivity contribution in [3.8, 4) is 0 Å². The predicted molar refractivity (Wildman–Crippen MR) is 83.5 cm³/mol. The van der Waals surface area contributed by atoms with Gasteiger partial charge in [-0.05, 0) is 37.0 Å². The molecule has 0 atom stereocenters. The third-order valence-corrected chi connectivity index (χ3v) is 4.42. The highest BCUT2D eigenvalue weighted by Crippen LogP contribution is 2.37. The minimum Gasteiger partial charge on any atom is -0.325 e. The highest BCUT2D eigenvalue weighted by molar-refractivity contribution is 7.99. The van der Waals surface area contributed by atoms with Crippen LogP contribution in [0, 0.1) is 0 Å². The van der Waals surface area contributed by atoms with E-state index in [0.29, 0.717) is 11.8 Å². The van der Waals surface area contributed by atoms with Crippen LogP contribution in [0.5, 0.6) is 0 Å². The maximum atomic E-state index is 12.0. The second kappa shape index (κ2) is 6.30. The van der Waals surface area contributed by atoms with Crippen LogP contribution in [0.2, 0.25) is 0 Å². The summed E-state index contributed by atoms with van der Waals surface area (Å²) in [5.41, 5.74) is 2.10. The van der Waals surface area contributed by atoms with E-state index in [1.54, 1.807) is 6.33 Å². The predicted octanol–water partition coefficient (Wildman–Crippen LogP) is 2.91. The van der Waals surface area contributed by atoms with E-state index in [-0.39, 0.29) is 5.91 Å². The number of aromatic nitrogens is 3. The van der Waals surface area contributed by atoms with Crippen LogP contribution in [0.15, 0.2) is 35.7 Å². The minimum absolute atomic E-state index is 0.0189. The highest BCUT2D eigenvalue weighted by atomic mass is 32.2. The van der Waals surface area contributed by atoms with Crippen LogP contribution in [0.25, 0.3) is 0 Å². The minimum atomic E-state index is -0.0189. The maximum Gasteiger partial charge on any atom is 0.234 e. The summed E-state index contributed by atoms with van der Waals surface area (Å²) < 4.78 is 2.06. The second-order valence-electron chi connectivity index (χ2n) is 5.14. The number of carbonyl (C=O) groups is 1. The zero-order chi connectivity index (χ0) is 14.7. The first-order chi connectivity index (χ1) is 10.3. The van der Waals surface area contributed by atoms with Crippen molar-refractivity contribution in [2.24, 2.45) is 0 Å². The van der Waals surface area contributed by atoms with Crippen molar-refractivity contribution in [1.82, 2.24) is 14.8 Å². The number of nitrogens with one attached hydrogen (secondary N) is 1. The molecule has 21 heavy (non-hydrogen) atoms. The van der Waals surface area contributed by atoms with E-state index >= 15 is 0 Å². The number of rotatable bonds is 6. The first-order valence-electron chi connectivity index (χ1n) is 7.17. The lowest BCUT2D eigenvalue weighted by Crippen LogP contribution is -2.14. The quantitative estimate of drug-likeness (QED) is 0.834. The average Bonchev–Trinajstić information content (AvgIpc) is 3.24. The van der Waals surface area contributed by atoms with Gasteiger partial charge in [0, 0.05) is 11.7 Å². The zero-order valence-electron chi connectivity index (χ0n) is 12.0. The number of hydrogen-bond acceptors (Lipinski definition) is 4. The van der Waals surface area contributed by atoms with Gasteiger partial charge in [0.25, 0.3) is 0 Å². The van der Waals surface area contributed by atoms with Crippen LogP contribution in [0.1, 0.15) is 31.4 Å². The fourth-order valence-electron chi connectivity index (χ4n) is 2.09. The molecule has 6 heteroatoms. The Morgan fingerprint density at radius 3 is 2.81 bits per heavy atom. The smallest absolute Gasteiger partial charge is 0.234 e. The molecule has 1 amide bonds. The maximum absolute atomic E-state index is 12.0. The molecule has 0 saturated heterocycles. The van der Waals surface area contributed by atoms with E-state index in [4.69, 9.17) is 0 Å². The Morgan fingerprint density at radius 2 is 2.14 bits per heavy atom. The van der Waals surface area contributed by atoms with Gasteiger partial charge in [-0.15, -0.1) is 10.2 Å². The SMILES string of the molecule is CCc1ccc(NC(=O)CSc2nncn2C2CC2)cc1. The van der Waals surface area contributed by atoms with Crippen molar-refractivity contribution >= 4 is 23.4 Å². The van der Waals surface area contributed by atoms with Crippen LogP contribution in [0.3, 0.4) is 0 Å². The molecule has 0 aliphatic heterocycles. The van der Waals surface area contributed by atoms with E-state index in [1.165, 1.54) is 30.2 Å². The number of amides is 1. The van der Waals surface area contributed by atoms with Gasteiger partial charge in [0.1, 0.15) is 6.33 Å². The molecular formula is C15H18N4OS. The Balaban J connectivity index is 1.52. The summed E-state index contributed by atoms with van der Waals surface area (Å²) in [6.07, 6.45) is 5.12. The lowest BCUT2D eigenvalue weighted by Gasteiger charge is -2.06. The second-order valence-corrected chi connectivity index (χ2v) is 6.08. The lowest BCUT2D eigenvalue weighted by atomic mass is 10.1. The average molecular weight is 302 g/mol. The van der Waals surface area contributed by atoms with Crippen molar-refractivity contribution in [1.29, 1.82) is 0 Å². The summed E-state index contributed by atoms with van der Waals surface area (Å²) in [6.45, 7) is 2.11. The lowest BCUT2D eigenvalue weighted by molar-refractivity contribution is -0.113. The fraction of sp³-hybridized carbons (Fsp3) is 0.400. The molecule has 1 saturated carbocycles. The third-order valence-electron chi connectivity index (χ3n) is 3.46. The Kier molecular flexibility index (Phi) is 4.24. The molecule has 0 bridgehead atoms. The largest absolute Gasteiger partial charge is 0.325 e. The summed E-state index contributed by atoms with van der Waals surface area (Å²) in [6, 6.07) is 8.48. The number of hydrogen-bond donors (Lipinski definition) is 1. The molecule has 1 aliphatic carbocycles. The van der Waals surface area contributed by atoms with Crippen LogP contribution < -0.4 is 5.32 Å². The third kappa shape index (κ3) is 3.64. The number of thioether (sulfide) groups is 1. The normalized spacial score (nSPS) is 14.1. The summed E-state index contributed by atoms with van der Waals surface area (Å²) in [4.78, 5) is 12.0. The molecule has 0 unspecified atom stereocenters. The summed E-state index contributed by atoms with van der Waals surface area (Å²) in [5.74, 6) is 0.329. The van der Waals surface area contributed by atoms with Gasteiger partial charge in [0.2, 0.25) is 5.91 Å². The van der Waals surface area contributed by atoms with Gasteiger partial charge in [0.15, 0.2) is 5.16 Å². The van der Waals surface area contributed by atoms with Gasteiger partial charge in [0.05, 0.1) is 5.75 Å². The standard InChI is InChI=1S/C15H18N4OS/c1-2-11-3-5-12(6-4-11)17-14(20)9-21-15-18-16-10-19(15)13-7-8-13/h3-6,10,13H,2,7-9H2,1H3,(H,17,20). The fourth-order valence-corrected chi connectivity index (χ4v) is 2.87.